The van der Waals surface area contributed by atoms with Gasteiger partial charge in [-0.3, -0.25) is 0 Å². The maximum Gasteiger partial charge on any atom is 0.247 e. The SMILES string of the molecule is COc1ccc(Br)cc1S(=O)(=O)N1C(C)CC2CNCC21. The quantitative estimate of drug-likeness (QED) is 0.876. The Morgan fingerprint density at radius 1 is 1.38 bits per heavy atom. The molecule has 0 bridgehead atoms. The standard InChI is InChI=1S/C14H19BrN2O3S/c1-9-5-10-7-16-8-12(10)17(9)21(18,19)14-6-11(15)3-4-13(14)20-2/h3-4,6,9-10,12,16H,5,7-8H2,1-2H3. The molecule has 0 spiro atoms. The predicted molar refractivity (Wildman–Crippen MR) is 83.9 cm³/mol. The molecule has 116 valence electrons. The molecular formula is C14H19BrN2O3S. The molecule has 0 aromatic heterocycles. The summed E-state index contributed by atoms with van der Waals surface area (Å²) in [5.74, 6) is 0.799. The summed E-state index contributed by atoms with van der Waals surface area (Å²) >= 11 is 3.35. The molecule has 1 N–H and O–H groups in total. The molecular weight excluding hydrogens is 356 g/mol. The summed E-state index contributed by atoms with van der Waals surface area (Å²) in [6.07, 6.45) is 0.910. The third kappa shape index (κ3) is 2.50. The first-order chi connectivity index (χ1) is 9.95. The van der Waals surface area contributed by atoms with Gasteiger partial charge >= 0.3 is 0 Å². The van der Waals surface area contributed by atoms with E-state index in [9.17, 15) is 8.42 Å². The summed E-state index contributed by atoms with van der Waals surface area (Å²) in [6, 6.07) is 5.16. The van der Waals surface area contributed by atoms with E-state index in [0.29, 0.717) is 11.7 Å². The first kappa shape index (κ1) is 15.3. The predicted octanol–water partition coefficient (Wildman–Crippen LogP) is 1.83. The summed E-state index contributed by atoms with van der Waals surface area (Å²) in [5, 5.41) is 3.29. The molecule has 5 nitrogen and oxygen atoms in total. The molecule has 1 aromatic carbocycles. The van der Waals surface area contributed by atoms with Gasteiger partial charge in [-0.25, -0.2) is 8.42 Å². The van der Waals surface area contributed by atoms with Crippen LogP contribution in [0.4, 0.5) is 0 Å². The molecule has 0 amide bonds. The molecule has 21 heavy (non-hydrogen) atoms. The van der Waals surface area contributed by atoms with Gasteiger partial charge in [0.05, 0.1) is 7.11 Å². The molecule has 2 fully saturated rings. The van der Waals surface area contributed by atoms with E-state index < -0.39 is 10.0 Å². The highest BCUT2D eigenvalue weighted by molar-refractivity contribution is 9.10. The summed E-state index contributed by atoms with van der Waals surface area (Å²) in [4.78, 5) is 0.235. The molecule has 2 saturated heterocycles. The minimum absolute atomic E-state index is 0.0239. The van der Waals surface area contributed by atoms with Crippen molar-refractivity contribution in [1.29, 1.82) is 0 Å². The average Bonchev–Trinajstić information content (AvgIpc) is 2.97. The van der Waals surface area contributed by atoms with Gasteiger partial charge in [-0.05, 0) is 44.0 Å². The van der Waals surface area contributed by atoms with Gasteiger partial charge in [0.1, 0.15) is 10.6 Å². The third-order valence-electron chi connectivity index (χ3n) is 4.39. The zero-order valence-electron chi connectivity index (χ0n) is 12.0. The smallest absolute Gasteiger partial charge is 0.247 e. The number of hydrogen-bond acceptors (Lipinski definition) is 4. The molecule has 0 radical (unpaired) electrons. The Bertz CT molecular complexity index is 650. The number of benzene rings is 1. The molecule has 1 aromatic rings. The monoisotopic (exact) mass is 374 g/mol. The lowest BCUT2D eigenvalue weighted by Gasteiger charge is -2.27. The number of sulfonamides is 1. The number of nitrogens with one attached hydrogen (secondary N) is 1. The zero-order chi connectivity index (χ0) is 15.2. The van der Waals surface area contributed by atoms with E-state index in [4.69, 9.17) is 4.74 Å². The Labute approximate surface area is 133 Å². The molecule has 7 heteroatoms. The zero-order valence-corrected chi connectivity index (χ0v) is 14.4. The lowest BCUT2D eigenvalue weighted by Crippen LogP contribution is -2.42. The van der Waals surface area contributed by atoms with E-state index in [1.165, 1.54) is 7.11 Å². The Morgan fingerprint density at radius 3 is 2.86 bits per heavy atom. The van der Waals surface area contributed by atoms with Crippen LogP contribution in [-0.2, 0) is 10.0 Å². The van der Waals surface area contributed by atoms with E-state index in [2.05, 4.69) is 21.2 Å². The van der Waals surface area contributed by atoms with Gasteiger partial charge in [-0.2, -0.15) is 4.31 Å². The van der Waals surface area contributed by atoms with Crippen molar-refractivity contribution >= 4 is 26.0 Å². The Balaban J connectivity index is 2.06. The van der Waals surface area contributed by atoms with Crippen LogP contribution in [0, 0.1) is 5.92 Å². The number of ether oxygens (including phenoxy) is 1. The largest absolute Gasteiger partial charge is 0.495 e. The fraction of sp³-hybridized carbons (Fsp3) is 0.571. The second-order valence-corrected chi connectivity index (χ2v) is 8.43. The van der Waals surface area contributed by atoms with Gasteiger partial charge in [-0.15, -0.1) is 0 Å². The van der Waals surface area contributed by atoms with Crippen molar-refractivity contribution < 1.29 is 13.2 Å². The van der Waals surface area contributed by atoms with E-state index >= 15 is 0 Å². The van der Waals surface area contributed by atoms with Crippen molar-refractivity contribution in [2.24, 2.45) is 5.92 Å². The number of hydrogen-bond donors (Lipinski definition) is 1. The molecule has 2 aliphatic heterocycles. The van der Waals surface area contributed by atoms with Crippen LogP contribution in [-0.4, -0.2) is 45.0 Å². The number of halogens is 1. The van der Waals surface area contributed by atoms with Crippen molar-refractivity contribution in [3.63, 3.8) is 0 Å². The lowest BCUT2D eigenvalue weighted by molar-refractivity contribution is 0.332. The summed E-state index contributed by atoms with van der Waals surface area (Å²) in [5.41, 5.74) is 0. The van der Waals surface area contributed by atoms with Crippen molar-refractivity contribution in [3.8, 4) is 5.75 Å². The minimum atomic E-state index is -3.57. The molecule has 3 unspecified atom stereocenters. The maximum atomic E-state index is 13.1. The van der Waals surface area contributed by atoms with Crippen LogP contribution in [0.3, 0.4) is 0 Å². The average molecular weight is 375 g/mol. The van der Waals surface area contributed by atoms with E-state index in [1.807, 2.05) is 6.92 Å². The fourth-order valence-electron chi connectivity index (χ4n) is 3.51. The highest BCUT2D eigenvalue weighted by Crippen LogP contribution is 2.39. The van der Waals surface area contributed by atoms with Gasteiger partial charge in [0.2, 0.25) is 10.0 Å². The first-order valence-corrected chi connectivity index (χ1v) is 9.26. The van der Waals surface area contributed by atoms with Crippen LogP contribution >= 0.6 is 15.9 Å². The Hall–Kier alpha value is -0.630. The van der Waals surface area contributed by atoms with Crippen molar-refractivity contribution in [2.45, 2.75) is 30.3 Å². The summed E-state index contributed by atoms with van der Waals surface area (Å²) in [7, 11) is -2.07. The molecule has 3 rings (SSSR count). The maximum absolute atomic E-state index is 13.1. The molecule has 2 heterocycles. The molecule has 2 aliphatic rings. The fourth-order valence-corrected chi connectivity index (χ4v) is 6.09. The molecule has 3 atom stereocenters. The summed E-state index contributed by atoms with van der Waals surface area (Å²) < 4.78 is 33.9. The minimum Gasteiger partial charge on any atom is -0.495 e. The van der Waals surface area contributed by atoms with Crippen LogP contribution < -0.4 is 10.1 Å². The van der Waals surface area contributed by atoms with Crippen molar-refractivity contribution in [1.82, 2.24) is 9.62 Å². The topological polar surface area (TPSA) is 58.6 Å². The van der Waals surface area contributed by atoms with Crippen LogP contribution in [0.25, 0.3) is 0 Å². The van der Waals surface area contributed by atoms with E-state index in [-0.39, 0.29) is 17.0 Å². The van der Waals surface area contributed by atoms with Gasteiger partial charge < -0.3 is 10.1 Å². The van der Waals surface area contributed by atoms with Crippen molar-refractivity contribution in [2.75, 3.05) is 20.2 Å². The van der Waals surface area contributed by atoms with Crippen LogP contribution in [0.5, 0.6) is 5.75 Å². The second-order valence-electron chi connectivity index (χ2n) is 5.70. The Morgan fingerprint density at radius 2 is 2.14 bits per heavy atom. The molecule has 0 aliphatic carbocycles. The first-order valence-electron chi connectivity index (χ1n) is 7.03. The number of nitrogens with zero attached hydrogens (tertiary/aromatic N) is 1. The van der Waals surface area contributed by atoms with Gasteiger partial charge in [0.25, 0.3) is 0 Å². The van der Waals surface area contributed by atoms with Crippen molar-refractivity contribution in [3.05, 3.63) is 22.7 Å². The summed E-state index contributed by atoms with van der Waals surface area (Å²) in [6.45, 7) is 3.61. The highest BCUT2D eigenvalue weighted by atomic mass is 79.9. The second kappa shape index (κ2) is 5.53. The van der Waals surface area contributed by atoms with E-state index in [1.54, 1.807) is 22.5 Å². The van der Waals surface area contributed by atoms with Crippen LogP contribution in [0.2, 0.25) is 0 Å². The lowest BCUT2D eigenvalue weighted by atomic mass is 10.0. The van der Waals surface area contributed by atoms with Gasteiger partial charge in [0.15, 0.2) is 0 Å². The number of rotatable bonds is 3. The Kier molecular flexibility index (Phi) is 4.02. The number of methoxy groups -OCH3 is 1. The van der Waals surface area contributed by atoms with Crippen LogP contribution in [0.1, 0.15) is 13.3 Å². The van der Waals surface area contributed by atoms with Crippen LogP contribution in [0.15, 0.2) is 27.6 Å². The highest BCUT2D eigenvalue weighted by Gasteiger charge is 2.48. The van der Waals surface area contributed by atoms with Gasteiger partial charge in [-0.1, -0.05) is 15.9 Å². The van der Waals surface area contributed by atoms with E-state index in [0.717, 1.165) is 24.0 Å². The van der Waals surface area contributed by atoms with Gasteiger partial charge in [0, 0.05) is 23.1 Å². The number of fused-ring (bicyclic) bond motifs is 1. The normalized spacial score (nSPS) is 29.6. The molecule has 0 saturated carbocycles. The third-order valence-corrected chi connectivity index (χ3v) is 6.94.